The number of fused-ring (bicyclic) bond motifs is 1. The molecule has 0 spiro atoms. The molecule has 19 heavy (non-hydrogen) atoms. The fourth-order valence-corrected chi connectivity index (χ4v) is 1.81. The third-order valence-corrected chi connectivity index (χ3v) is 2.77. The van der Waals surface area contributed by atoms with Gasteiger partial charge in [0.15, 0.2) is 5.65 Å². The van der Waals surface area contributed by atoms with Crippen molar-refractivity contribution < 1.29 is 5.11 Å². The normalized spacial score (nSPS) is 10.8. The molecule has 6 nitrogen and oxygen atoms in total. The van der Waals surface area contributed by atoms with Crippen LogP contribution in [0.2, 0.25) is 0 Å². The van der Waals surface area contributed by atoms with Crippen LogP contribution in [-0.4, -0.2) is 24.7 Å². The summed E-state index contributed by atoms with van der Waals surface area (Å²) in [6.07, 6.45) is 3.37. The first-order valence-electron chi connectivity index (χ1n) is 5.95. The molecule has 96 valence electrons. The number of hydrogen-bond donors (Lipinski definition) is 2. The zero-order chi connectivity index (χ0) is 13.1. The first-order chi connectivity index (χ1) is 9.36. The van der Waals surface area contributed by atoms with Gasteiger partial charge in [0.25, 0.3) is 0 Å². The predicted octanol–water partition coefficient (Wildman–Crippen LogP) is 1.23. The van der Waals surface area contributed by atoms with E-state index in [9.17, 15) is 5.11 Å². The number of nitrogens with zero attached hydrogens (tertiary/aromatic N) is 4. The number of pyridine rings is 1. The second-order valence-corrected chi connectivity index (χ2v) is 4.07. The van der Waals surface area contributed by atoms with Crippen molar-refractivity contribution in [3.05, 3.63) is 54.1 Å². The minimum atomic E-state index is -0.0855. The van der Waals surface area contributed by atoms with Crippen molar-refractivity contribution >= 4 is 11.5 Å². The highest BCUT2D eigenvalue weighted by molar-refractivity contribution is 5.45. The highest BCUT2D eigenvalue weighted by atomic mass is 16.3. The lowest BCUT2D eigenvalue weighted by Crippen LogP contribution is -2.06. The van der Waals surface area contributed by atoms with Gasteiger partial charge in [-0.15, -0.1) is 5.10 Å². The summed E-state index contributed by atoms with van der Waals surface area (Å²) < 4.78 is 1.63. The molecule has 0 saturated carbocycles. The Balaban J connectivity index is 1.81. The van der Waals surface area contributed by atoms with Crippen molar-refractivity contribution in [2.24, 2.45) is 0 Å². The van der Waals surface area contributed by atoms with Gasteiger partial charge in [-0.3, -0.25) is 4.98 Å². The summed E-state index contributed by atoms with van der Waals surface area (Å²) in [6.45, 7) is 0.514. The maximum absolute atomic E-state index is 9.19. The highest BCUT2D eigenvalue weighted by Crippen LogP contribution is 2.09. The fourth-order valence-electron chi connectivity index (χ4n) is 1.81. The molecule has 3 aromatic heterocycles. The first-order valence-corrected chi connectivity index (χ1v) is 5.95. The molecule has 3 rings (SSSR count). The summed E-state index contributed by atoms with van der Waals surface area (Å²) >= 11 is 0. The van der Waals surface area contributed by atoms with E-state index in [1.165, 1.54) is 0 Å². The standard InChI is InChI=1S/C13H13N5O/c19-9-11-8-16-13-5-4-12(17-18(11)13)15-7-10-3-1-2-6-14-10/h1-6,8,19H,7,9H2,(H,15,17). The van der Waals surface area contributed by atoms with Crippen LogP contribution in [0.1, 0.15) is 11.4 Å². The van der Waals surface area contributed by atoms with Gasteiger partial charge in [-0.05, 0) is 24.3 Å². The van der Waals surface area contributed by atoms with E-state index in [0.29, 0.717) is 23.7 Å². The van der Waals surface area contributed by atoms with E-state index in [1.54, 1.807) is 16.9 Å². The van der Waals surface area contributed by atoms with Crippen LogP contribution < -0.4 is 5.32 Å². The van der Waals surface area contributed by atoms with Crippen molar-refractivity contribution in [3.63, 3.8) is 0 Å². The Kier molecular flexibility index (Phi) is 3.07. The van der Waals surface area contributed by atoms with E-state index in [-0.39, 0.29) is 6.61 Å². The number of imidazole rings is 1. The monoisotopic (exact) mass is 255 g/mol. The maximum atomic E-state index is 9.19. The lowest BCUT2D eigenvalue weighted by atomic mass is 10.3. The highest BCUT2D eigenvalue weighted by Gasteiger charge is 2.04. The minimum Gasteiger partial charge on any atom is -0.390 e. The summed E-state index contributed by atoms with van der Waals surface area (Å²) in [5, 5.41) is 16.8. The van der Waals surface area contributed by atoms with Crippen LogP contribution in [0.5, 0.6) is 0 Å². The Morgan fingerprint density at radius 3 is 2.89 bits per heavy atom. The lowest BCUT2D eigenvalue weighted by Gasteiger charge is -2.06. The quantitative estimate of drug-likeness (QED) is 0.733. The van der Waals surface area contributed by atoms with E-state index in [0.717, 1.165) is 5.69 Å². The van der Waals surface area contributed by atoms with Gasteiger partial charge in [0.05, 0.1) is 30.7 Å². The van der Waals surface area contributed by atoms with Gasteiger partial charge in [0, 0.05) is 6.20 Å². The molecule has 6 heteroatoms. The number of rotatable bonds is 4. The summed E-state index contributed by atoms with van der Waals surface area (Å²) in [5.74, 6) is 0.714. The van der Waals surface area contributed by atoms with Gasteiger partial charge >= 0.3 is 0 Å². The van der Waals surface area contributed by atoms with E-state index in [2.05, 4.69) is 20.4 Å². The number of hydrogen-bond acceptors (Lipinski definition) is 5. The minimum absolute atomic E-state index is 0.0855. The van der Waals surface area contributed by atoms with Gasteiger partial charge in [-0.2, -0.15) is 0 Å². The first kappa shape index (κ1) is 11.6. The number of anilines is 1. The Labute approximate surface area is 109 Å². The molecule has 0 unspecified atom stereocenters. The van der Waals surface area contributed by atoms with Gasteiger partial charge in [0.1, 0.15) is 5.82 Å². The van der Waals surface area contributed by atoms with Crippen LogP contribution in [0.15, 0.2) is 42.7 Å². The Bertz CT molecular complexity index is 680. The molecule has 0 saturated heterocycles. The smallest absolute Gasteiger partial charge is 0.154 e. The van der Waals surface area contributed by atoms with Crippen LogP contribution in [0.3, 0.4) is 0 Å². The lowest BCUT2D eigenvalue weighted by molar-refractivity contribution is 0.274. The van der Waals surface area contributed by atoms with E-state index >= 15 is 0 Å². The number of aliphatic hydroxyl groups excluding tert-OH is 1. The summed E-state index contributed by atoms with van der Waals surface area (Å²) in [4.78, 5) is 8.38. The number of nitrogens with one attached hydrogen (secondary N) is 1. The van der Waals surface area contributed by atoms with Gasteiger partial charge < -0.3 is 10.4 Å². The summed E-state index contributed by atoms with van der Waals surface area (Å²) in [7, 11) is 0. The van der Waals surface area contributed by atoms with E-state index in [4.69, 9.17) is 0 Å². The zero-order valence-electron chi connectivity index (χ0n) is 10.2. The topological polar surface area (TPSA) is 75.3 Å². The molecule has 3 heterocycles. The third-order valence-electron chi connectivity index (χ3n) is 2.77. The molecule has 0 amide bonds. The summed E-state index contributed by atoms with van der Waals surface area (Å²) in [6, 6.07) is 9.48. The fraction of sp³-hybridized carbons (Fsp3) is 0.154. The van der Waals surface area contributed by atoms with Crippen molar-refractivity contribution in [2.75, 3.05) is 5.32 Å². The molecule has 0 aliphatic heterocycles. The van der Waals surface area contributed by atoms with Crippen molar-refractivity contribution in [3.8, 4) is 0 Å². The van der Waals surface area contributed by atoms with Crippen molar-refractivity contribution in [1.29, 1.82) is 0 Å². The van der Waals surface area contributed by atoms with Crippen molar-refractivity contribution in [1.82, 2.24) is 19.6 Å². The van der Waals surface area contributed by atoms with Crippen LogP contribution >= 0.6 is 0 Å². The molecule has 3 aromatic rings. The van der Waals surface area contributed by atoms with Gasteiger partial charge in [-0.1, -0.05) is 6.07 Å². The SMILES string of the molecule is OCc1cnc2ccc(NCc3ccccn3)nn12. The molecule has 0 aliphatic carbocycles. The van der Waals surface area contributed by atoms with E-state index < -0.39 is 0 Å². The second kappa shape index (κ2) is 5.03. The van der Waals surface area contributed by atoms with Crippen LogP contribution in [-0.2, 0) is 13.2 Å². The Hall–Kier alpha value is -2.47. The summed E-state index contributed by atoms with van der Waals surface area (Å²) in [5.41, 5.74) is 2.32. The third kappa shape index (κ3) is 2.38. The maximum Gasteiger partial charge on any atom is 0.154 e. The molecule has 0 radical (unpaired) electrons. The van der Waals surface area contributed by atoms with Gasteiger partial charge in [-0.25, -0.2) is 9.50 Å². The molecule has 0 fully saturated rings. The zero-order valence-corrected chi connectivity index (χ0v) is 10.2. The molecule has 0 aromatic carbocycles. The molecule has 0 aliphatic rings. The van der Waals surface area contributed by atoms with Crippen molar-refractivity contribution in [2.45, 2.75) is 13.2 Å². The molecular weight excluding hydrogens is 242 g/mol. The Morgan fingerprint density at radius 2 is 2.11 bits per heavy atom. The molecule has 0 bridgehead atoms. The van der Waals surface area contributed by atoms with Crippen LogP contribution in [0.4, 0.5) is 5.82 Å². The average Bonchev–Trinajstić information content (AvgIpc) is 2.88. The van der Waals surface area contributed by atoms with Gasteiger partial charge in [0.2, 0.25) is 0 Å². The average molecular weight is 255 g/mol. The molecular formula is C13H13N5O. The number of aliphatic hydroxyl groups is 1. The number of aromatic nitrogens is 4. The molecule has 2 N–H and O–H groups in total. The predicted molar refractivity (Wildman–Crippen MR) is 70.5 cm³/mol. The largest absolute Gasteiger partial charge is 0.390 e. The van der Waals surface area contributed by atoms with Crippen LogP contribution in [0.25, 0.3) is 5.65 Å². The Morgan fingerprint density at radius 1 is 1.16 bits per heavy atom. The molecule has 0 atom stereocenters. The van der Waals surface area contributed by atoms with Crippen LogP contribution in [0, 0.1) is 0 Å². The second-order valence-electron chi connectivity index (χ2n) is 4.07. The van der Waals surface area contributed by atoms with E-state index in [1.807, 2.05) is 30.3 Å².